The summed E-state index contributed by atoms with van der Waals surface area (Å²) in [6.07, 6.45) is 4.74. The van der Waals surface area contributed by atoms with Crippen LogP contribution in [0.3, 0.4) is 0 Å². The Balaban J connectivity index is 2.20. The third-order valence-electron chi connectivity index (χ3n) is 3.18. The molecule has 2 aromatic rings. The van der Waals surface area contributed by atoms with Gasteiger partial charge in [0.15, 0.2) is 0 Å². The summed E-state index contributed by atoms with van der Waals surface area (Å²) in [5.74, 6) is 0. The van der Waals surface area contributed by atoms with E-state index < -0.39 is 0 Å². The lowest BCUT2D eigenvalue weighted by Crippen LogP contribution is -2.22. The van der Waals surface area contributed by atoms with Gasteiger partial charge < -0.3 is 5.32 Å². The van der Waals surface area contributed by atoms with Crippen molar-refractivity contribution < 1.29 is 0 Å². The molecule has 19 heavy (non-hydrogen) atoms. The van der Waals surface area contributed by atoms with E-state index in [-0.39, 0.29) is 0 Å². The Hall–Kier alpha value is -0.710. The van der Waals surface area contributed by atoms with E-state index in [0.717, 1.165) is 17.4 Å². The fourth-order valence-corrected chi connectivity index (χ4v) is 3.63. The van der Waals surface area contributed by atoms with Crippen molar-refractivity contribution in [2.75, 3.05) is 6.54 Å². The van der Waals surface area contributed by atoms with E-state index in [1.165, 1.54) is 20.9 Å². The zero-order valence-electron chi connectivity index (χ0n) is 11.5. The van der Waals surface area contributed by atoms with E-state index in [4.69, 9.17) is 0 Å². The van der Waals surface area contributed by atoms with Crippen LogP contribution in [-0.4, -0.2) is 11.5 Å². The molecule has 102 valence electrons. The van der Waals surface area contributed by atoms with Gasteiger partial charge in [0.2, 0.25) is 0 Å². The smallest absolute Gasteiger partial charge is 0.0456 e. The molecule has 4 heteroatoms. The number of nitrogens with zero attached hydrogens (tertiary/aromatic N) is 1. The molecule has 1 atom stereocenters. The van der Waals surface area contributed by atoms with Gasteiger partial charge in [0.1, 0.15) is 0 Å². The number of hydrogen-bond donors (Lipinski definition) is 1. The van der Waals surface area contributed by atoms with E-state index >= 15 is 0 Å². The highest BCUT2D eigenvalue weighted by Crippen LogP contribution is 2.29. The second-order valence-corrected chi connectivity index (χ2v) is 6.92. The Bertz CT molecular complexity index is 531. The van der Waals surface area contributed by atoms with Crippen LogP contribution in [0.2, 0.25) is 0 Å². The first kappa shape index (κ1) is 14.7. The molecule has 0 radical (unpaired) electrons. The SMILES string of the molecule is CCNC(Cc1cncc(Br)c1)c1cc(C)c(C)s1. The molecular formula is C15H19BrN2S. The van der Waals surface area contributed by atoms with Crippen molar-refractivity contribution in [2.24, 2.45) is 0 Å². The van der Waals surface area contributed by atoms with Gasteiger partial charge in [-0.25, -0.2) is 0 Å². The van der Waals surface area contributed by atoms with Crippen molar-refractivity contribution in [3.8, 4) is 0 Å². The van der Waals surface area contributed by atoms with Crippen molar-refractivity contribution in [3.63, 3.8) is 0 Å². The number of hydrogen-bond acceptors (Lipinski definition) is 3. The molecule has 0 saturated heterocycles. The van der Waals surface area contributed by atoms with Gasteiger partial charge in [0.25, 0.3) is 0 Å². The van der Waals surface area contributed by atoms with E-state index in [9.17, 15) is 0 Å². The second kappa shape index (κ2) is 6.64. The van der Waals surface area contributed by atoms with E-state index in [1.54, 1.807) is 0 Å². The lowest BCUT2D eigenvalue weighted by Gasteiger charge is -2.16. The lowest BCUT2D eigenvalue weighted by atomic mass is 10.1. The van der Waals surface area contributed by atoms with Crippen LogP contribution in [0, 0.1) is 13.8 Å². The van der Waals surface area contributed by atoms with Crippen LogP contribution in [0.25, 0.3) is 0 Å². The predicted octanol–water partition coefficient (Wildman–Crippen LogP) is 4.42. The highest BCUT2D eigenvalue weighted by molar-refractivity contribution is 9.10. The molecule has 2 nitrogen and oxygen atoms in total. The zero-order chi connectivity index (χ0) is 13.8. The first-order valence-electron chi connectivity index (χ1n) is 6.50. The van der Waals surface area contributed by atoms with Gasteiger partial charge in [-0.1, -0.05) is 6.92 Å². The third kappa shape index (κ3) is 3.88. The van der Waals surface area contributed by atoms with Crippen LogP contribution >= 0.6 is 27.3 Å². The molecule has 0 aliphatic rings. The average molecular weight is 339 g/mol. The Kier molecular flexibility index (Phi) is 5.13. The summed E-state index contributed by atoms with van der Waals surface area (Å²) in [6.45, 7) is 7.49. The van der Waals surface area contributed by atoms with Gasteiger partial charge in [-0.3, -0.25) is 4.98 Å². The molecule has 0 bridgehead atoms. The minimum absolute atomic E-state index is 0.374. The summed E-state index contributed by atoms with van der Waals surface area (Å²) >= 11 is 5.37. The van der Waals surface area contributed by atoms with E-state index in [2.05, 4.69) is 59.1 Å². The molecule has 1 N–H and O–H groups in total. The third-order valence-corrected chi connectivity index (χ3v) is 4.88. The Morgan fingerprint density at radius 2 is 2.11 bits per heavy atom. The number of aryl methyl sites for hydroxylation is 2. The number of nitrogens with one attached hydrogen (secondary N) is 1. The minimum atomic E-state index is 0.374. The van der Waals surface area contributed by atoms with Crippen LogP contribution in [0.5, 0.6) is 0 Å². The first-order chi connectivity index (χ1) is 9.10. The summed E-state index contributed by atoms with van der Waals surface area (Å²) in [5.41, 5.74) is 2.64. The monoisotopic (exact) mass is 338 g/mol. The zero-order valence-corrected chi connectivity index (χ0v) is 13.9. The molecule has 2 rings (SSSR count). The molecule has 0 aliphatic carbocycles. The first-order valence-corrected chi connectivity index (χ1v) is 8.10. The minimum Gasteiger partial charge on any atom is -0.309 e. The molecular weight excluding hydrogens is 320 g/mol. The number of rotatable bonds is 5. The number of thiophene rings is 1. The van der Waals surface area contributed by atoms with Crippen molar-refractivity contribution in [3.05, 3.63) is 49.9 Å². The van der Waals surface area contributed by atoms with Crippen molar-refractivity contribution in [2.45, 2.75) is 33.2 Å². The molecule has 0 fully saturated rings. The number of aromatic nitrogens is 1. The van der Waals surface area contributed by atoms with Crippen LogP contribution in [0.15, 0.2) is 29.0 Å². The van der Waals surface area contributed by atoms with Crippen LogP contribution in [-0.2, 0) is 6.42 Å². The molecule has 0 amide bonds. The van der Waals surface area contributed by atoms with Crippen molar-refractivity contribution in [1.29, 1.82) is 0 Å². The normalized spacial score (nSPS) is 12.6. The quantitative estimate of drug-likeness (QED) is 0.872. The highest BCUT2D eigenvalue weighted by Gasteiger charge is 2.15. The Morgan fingerprint density at radius 3 is 2.68 bits per heavy atom. The molecule has 0 spiro atoms. The van der Waals surface area contributed by atoms with E-state index in [0.29, 0.717) is 6.04 Å². The van der Waals surface area contributed by atoms with Gasteiger partial charge >= 0.3 is 0 Å². The molecule has 2 heterocycles. The molecule has 0 saturated carbocycles. The Labute approximate surface area is 127 Å². The summed E-state index contributed by atoms with van der Waals surface area (Å²) in [4.78, 5) is 7.06. The van der Waals surface area contributed by atoms with Gasteiger partial charge in [0, 0.05) is 32.7 Å². The lowest BCUT2D eigenvalue weighted by molar-refractivity contribution is 0.557. The Morgan fingerprint density at radius 1 is 1.32 bits per heavy atom. The molecule has 2 aromatic heterocycles. The van der Waals surface area contributed by atoms with Gasteiger partial charge in [-0.15, -0.1) is 11.3 Å². The molecule has 0 aromatic carbocycles. The van der Waals surface area contributed by atoms with Crippen molar-refractivity contribution >= 4 is 27.3 Å². The maximum absolute atomic E-state index is 4.24. The van der Waals surface area contributed by atoms with Gasteiger partial charge in [-0.2, -0.15) is 0 Å². The topological polar surface area (TPSA) is 24.9 Å². The van der Waals surface area contributed by atoms with Gasteiger partial charge in [-0.05, 0) is 66.0 Å². The van der Waals surface area contributed by atoms with Crippen LogP contribution < -0.4 is 5.32 Å². The second-order valence-electron chi connectivity index (χ2n) is 4.71. The maximum atomic E-state index is 4.24. The summed E-state index contributed by atoms with van der Waals surface area (Å²) < 4.78 is 1.04. The fraction of sp³-hybridized carbons (Fsp3) is 0.400. The number of likely N-dealkylation sites (N-methyl/N-ethyl adjacent to an activating group) is 1. The molecule has 0 aliphatic heterocycles. The van der Waals surface area contributed by atoms with Crippen LogP contribution in [0.1, 0.15) is 33.8 Å². The predicted molar refractivity (Wildman–Crippen MR) is 85.9 cm³/mol. The van der Waals surface area contributed by atoms with Crippen molar-refractivity contribution in [1.82, 2.24) is 10.3 Å². The number of halogens is 1. The summed E-state index contributed by atoms with van der Waals surface area (Å²) in [6, 6.07) is 4.82. The van der Waals surface area contributed by atoms with Crippen LogP contribution in [0.4, 0.5) is 0 Å². The standard InChI is InChI=1S/C15H19BrN2S/c1-4-18-14(15-5-10(2)11(3)19-15)7-12-6-13(16)9-17-8-12/h5-6,8-9,14,18H,4,7H2,1-3H3. The summed E-state index contributed by atoms with van der Waals surface area (Å²) in [7, 11) is 0. The highest BCUT2D eigenvalue weighted by atomic mass is 79.9. The fourth-order valence-electron chi connectivity index (χ4n) is 2.10. The van der Waals surface area contributed by atoms with E-state index in [1.807, 2.05) is 23.7 Å². The largest absolute Gasteiger partial charge is 0.309 e. The molecule has 1 unspecified atom stereocenters. The average Bonchev–Trinajstić information content (AvgIpc) is 2.69. The summed E-state index contributed by atoms with van der Waals surface area (Å²) in [5, 5.41) is 3.57. The maximum Gasteiger partial charge on any atom is 0.0456 e. The number of pyridine rings is 1. The van der Waals surface area contributed by atoms with Gasteiger partial charge in [0.05, 0.1) is 0 Å².